The number of carbonyl (C=O) groups is 2. The van der Waals surface area contributed by atoms with Gasteiger partial charge in [0.15, 0.2) is 5.78 Å². The van der Waals surface area contributed by atoms with Crippen molar-refractivity contribution in [1.29, 1.82) is 0 Å². The molecule has 1 saturated carbocycles. The van der Waals surface area contributed by atoms with E-state index in [9.17, 15) is 9.59 Å². The standard InChI is InChI=1S/C17H21BrO3/c1-17(2,3)21-16(20)14-6-4-5-13(14)15(19)11-7-9-12(18)10-8-11/h7-10,13-14H,4-6H2,1-3H3. The van der Waals surface area contributed by atoms with Crippen LogP contribution in [0.4, 0.5) is 0 Å². The van der Waals surface area contributed by atoms with Crippen molar-refractivity contribution in [2.24, 2.45) is 11.8 Å². The molecule has 2 rings (SSSR count). The monoisotopic (exact) mass is 352 g/mol. The molecular formula is C17H21BrO3. The molecule has 1 fully saturated rings. The Balaban J connectivity index is 2.13. The van der Waals surface area contributed by atoms with Gasteiger partial charge in [-0.15, -0.1) is 0 Å². The van der Waals surface area contributed by atoms with Crippen molar-refractivity contribution in [1.82, 2.24) is 0 Å². The normalized spacial score (nSPS) is 22.1. The van der Waals surface area contributed by atoms with Crippen molar-refractivity contribution in [3.63, 3.8) is 0 Å². The Hall–Kier alpha value is -1.16. The van der Waals surface area contributed by atoms with Crippen LogP contribution in [0.25, 0.3) is 0 Å². The third kappa shape index (κ3) is 4.16. The maximum Gasteiger partial charge on any atom is 0.310 e. The van der Waals surface area contributed by atoms with E-state index < -0.39 is 5.60 Å². The second-order valence-corrected chi connectivity index (χ2v) is 7.46. The van der Waals surface area contributed by atoms with Crippen LogP contribution in [0.1, 0.15) is 50.4 Å². The minimum absolute atomic E-state index is 0.0517. The Kier molecular flexibility index (Phi) is 4.87. The highest BCUT2D eigenvalue weighted by atomic mass is 79.9. The number of hydrogen-bond acceptors (Lipinski definition) is 3. The van der Waals surface area contributed by atoms with Crippen LogP contribution in [0.5, 0.6) is 0 Å². The summed E-state index contributed by atoms with van der Waals surface area (Å²) in [6.07, 6.45) is 2.40. The lowest BCUT2D eigenvalue weighted by atomic mass is 9.88. The van der Waals surface area contributed by atoms with E-state index in [1.165, 1.54) is 0 Å². The van der Waals surface area contributed by atoms with E-state index in [0.717, 1.165) is 23.7 Å². The molecule has 0 aromatic heterocycles. The van der Waals surface area contributed by atoms with Gasteiger partial charge < -0.3 is 4.74 Å². The fourth-order valence-electron chi connectivity index (χ4n) is 2.76. The minimum Gasteiger partial charge on any atom is -0.460 e. The second-order valence-electron chi connectivity index (χ2n) is 6.55. The lowest BCUT2D eigenvalue weighted by molar-refractivity contribution is -0.160. The first kappa shape index (κ1) is 16.2. The first-order valence-corrected chi connectivity index (χ1v) is 8.10. The highest BCUT2D eigenvalue weighted by Crippen LogP contribution is 2.36. The second kappa shape index (κ2) is 6.30. The van der Waals surface area contributed by atoms with Crippen LogP contribution in [0.15, 0.2) is 28.7 Å². The summed E-state index contributed by atoms with van der Waals surface area (Å²) < 4.78 is 6.40. The van der Waals surface area contributed by atoms with Gasteiger partial charge in [0, 0.05) is 16.0 Å². The van der Waals surface area contributed by atoms with Crippen LogP contribution in [0, 0.1) is 11.8 Å². The van der Waals surface area contributed by atoms with Crippen LogP contribution in [0.3, 0.4) is 0 Å². The van der Waals surface area contributed by atoms with Gasteiger partial charge >= 0.3 is 5.97 Å². The van der Waals surface area contributed by atoms with Crippen molar-refractivity contribution >= 4 is 27.7 Å². The number of ether oxygens (including phenoxy) is 1. The molecule has 0 N–H and O–H groups in total. The van der Waals surface area contributed by atoms with E-state index >= 15 is 0 Å². The van der Waals surface area contributed by atoms with Crippen LogP contribution >= 0.6 is 15.9 Å². The number of benzene rings is 1. The van der Waals surface area contributed by atoms with E-state index in [0.29, 0.717) is 5.56 Å². The van der Waals surface area contributed by atoms with E-state index in [1.807, 2.05) is 32.9 Å². The molecule has 0 amide bonds. The number of esters is 1. The molecule has 2 unspecified atom stereocenters. The molecule has 0 bridgehead atoms. The molecule has 1 aliphatic carbocycles. The Morgan fingerprint density at radius 1 is 1.10 bits per heavy atom. The van der Waals surface area contributed by atoms with Crippen LogP contribution < -0.4 is 0 Å². The highest BCUT2D eigenvalue weighted by Gasteiger charge is 2.40. The topological polar surface area (TPSA) is 43.4 Å². The Labute approximate surface area is 134 Å². The predicted molar refractivity (Wildman–Crippen MR) is 85.1 cm³/mol. The van der Waals surface area contributed by atoms with Gasteiger partial charge in [-0.05, 0) is 45.7 Å². The lowest BCUT2D eigenvalue weighted by Gasteiger charge is -2.24. The summed E-state index contributed by atoms with van der Waals surface area (Å²) in [6.45, 7) is 5.56. The van der Waals surface area contributed by atoms with Gasteiger partial charge in [-0.3, -0.25) is 9.59 Å². The number of halogens is 1. The SMILES string of the molecule is CC(C)(C)OC(=O)C1CCCC1C(=O)c1ccc(Br)cc1. The zero-order valence-electron chi connectivity index (χ0n) is 12.7. The first-order chi connectivity index (χ1) is 9.78. The van der Waals surface area contributed by atoms with Crippen molar-refractivity contribution in [2.45, 2.75) is 45.6 Å². The fraction of sp³-hybridized carbons (Fsp3) is 0.529. The predicted octanol–water partition coefficient (Wildman–Crippen LogP) is 4.39. The highest BCUT2D eigenvalue weighted by molar-refractivity contribution is 9.10. The number of Topliss-reactive ketones (excluding diaryl/α,β-unsaturated/α-hetero) is 1. The zero-order chi connectivity index (χ0) is 15.6. The maximum atomic E-state index is 12.6. The molecule has 114 valence electrons. The van der Waals surface area contributed by atoms with E-state index in [-0.39, 0.29) is 23.6 Å². The average molecular weight is 353 g/mol. The molecule has 3 nitrogen and oxygen atoms in total. The molecule has 1 aromatic carbocycles. The van der Waals surface area contributed by atoms with Gasteiger partial charge in [-0.25, -0.2) is 0 Å². The Morgan fingerprint density at radius 2 is 1.67 bits per heavy atom. The number of ketones is 1. The Morgan fingerprint density at radius 3 is 2.24 bits per heavy atom. The molecule has 0 saturated heterocycles. The summed E-state index contributed by atoms with van der Waals surface area (Å²) in [5.41, 5.74) is 0.156. The van der Waals surface area contributed by atoms with Gasteiger partial charge in [0.1, 0.15) is 5.60 Å². The molecular weight excluding hydrogens is 332 g/mol. The average Bonchev–Trinajstić information content (AvgIpc) is 2.86. The van der Waals surface area contributed by atoms with E-state index in [1.54, 1.807) is 12.1 Å². The summed E-state index contributed by atoms with van der Waals surface area (Å²) in [5, 5.41) is 0. The molecule has 1 aliphatic rings. The van der Waals surface area contributed by atoms with E-state index in [4.69, 9.17) is 4.74 Å². The van der Waals surface area contributed by atoms with Crippen molar-refractivity contribution < 1.29 is 14.3 Å². The summed E-state index contributed by atoms with van der Waals surface area (Å²) in [6, 6.07) is 7.31. The molecule has 0 spiro atoms. The van der Waals surface area contributed by atoms with Crippen LogP contribution in [-0.4, -0.2) is 17.4 Å². The summed E-state index contributed by atoms with van der Waals surface area (Å²) in [5.74, 6) is -0.743. The zero-order valence-corrected chi connectivity index (χ0v) is 14.3. The molecule has 4 heteroatoms. The lowest BCUT2D eigenvalue weighted by Crippen LogP contribution is -2.32. The minimum atomic E-state index is -0.509. The van der Waals surface area contributed by atoms with Crippen molar-refractivity contribution in [2.75, 3.05) is 0 Å². The van der Waals surface area contributed by atoms with Crippen molar-refractivity contribution in [3.05, 3.63) is 34.3 Å². The number of rotatable bonds is 3. The maximum absolute atomic E-state index is 12.6. The molecule has 0 aliphatic heterocycles. The molecule has 1 aromatic rings. The van der Waals surface area contributed by atoms with Gasteiger partial charge in [-0.2, -0.15) is 0 Å². The molecule has 21 heavy (non-hydrogen) atoms. The van der Waals surface area contributed by atoms with E-state index in [2.05, 4.69) is 15.9 Å². The van der Waals surface area contributed by atoms with Crippen LogP contribution in [-0.2, 0) is 9.53 Å². The smallest absolute Gasteiger partial charge is 0.310 e. The molecule has 0 heterocycles. The fourth-order valence-corrected chi connectivity index (χ4v) is 3.03. The summed E-state index contributed by atoms with van der Waals surface area (Å²) in [7, 11) is 0. The molecule has 0 radical (unpaired) electrons. The third-order valence-corrected chi connectivity index (χ3v) is 4.22. The summed E-state index contributed by atoms with van der Waals surface area (Å²) in [4.78, 5) is 24.9. The summed E-state index contributed by atoms with van der Waals surface area (Å²) >= 11 is 3.36. The van der Waals surface area contributed by atoms with Gasteiger partial charge in [0.25, 0.3) is 0 Å². The van der Waals surface area contributed by atoms with Gasteiger partial charge in [0.05, 0.1) is 5.92 Å². The van der Waals surface area contributed by atoms with Gasteiger partial charge in [-0.1, -0.05) is 34.5 Å². The largest absolute Gasteiger partial charge is 0.460 e. The number of carbonyl (C=O) groups excluding carboxylic acids is 2. The quantitative estimate of drug-likeness (QED) is 0.598. The molecule has 2 atom stereocenters. The Bertz CT molecular complexity index is 528. The first-order valence-electron chi connectivity index (χ1n) is 7.30. The van der Waals surface area contributed by atoms with Crippen LogP contribution in [0.2, 0.25) is 0 Å². The van der Waals surface area contributed by atoms with Gasteiger partial charge in [0.2, 0.25) is 0 Å². The number of hydrogen-bond donors (Lipinski definition) is 0. The van der Waals surface area contributed by atoms with Crippen molar-refractivity contribution in [3.8, 4) is 0 Å². The third-order valence-electron chi connectivity index (χ3n) is 3.69.